The topological polar surface area (TPSA) is 49.4 Å². The highest BCUT2D eigenvalue weighted by Gasteiger charge is 2.29. The summed E-state index contributed by atoms with van der Waals surface area (Å²) in [4.78, 5) is 29.2. The van der Waals surface area contributed by atoms with E-state index >= 15 is 0 Å². The summed E-state index contributed by atoms with van der Waals surface area (Å²) in [6.07, 6.45) is 2.64. The van der Waals surface area contributed by atoms with Crippen molar-refractivity contribution in [3.63, 3.8) is 0 Å². The van der Waals surface area contributed by atoms with Crippen molar-refractivity contribution in [3.05, 3.63) is 51.7 Å². The fourth-order valence-electron chi connectivity index (χ4n) is 3.27. The highest BCUT2D eigenvalue weighted by atomic mass is 32.1. The summed E-state index contributed by atoms with van der Waals surface area (Å²) < 4.78 is 0. The van der Waals surface area contributed by atoms with Crippen molar-refractivity contribution in [2.75, 3.05) is 18.4 Å². The Kier molecular flexibility index (Phi) is 5.53. The lowest BCUT2D eigenvalue weighted by atomic mass is 9.97. The van der Waals surface area contributed by atoms with Crippen molar-refractivity contribution >= 4 is 28.8 Å². The van der Waals surface area contributed by atoms with Crippen molar-refractivity contribution in [1.29, 1.82) is 0 Å². The molecule has 3 rings (SSSR count). The molecule has 1 aromatic carbocycles. The van der Waals surface area contributed by atoms with Crippen LogP contribution in [-0.4, -0.2) is 29.8 Å². The van der Waals surface area contributed by atoms with Gasteiger partial charge in [0.25, 0.3) is 5.91 Å². The molecule has 132 valence electrons. The zero-order valence-electron chi connectivity index (χ0n) is 14.7. The number of hydrogen-bond acceptors (Lipinski definition) is 3. The van der Waals surface area contributed by atoms with Gasteiger partial charge in [-0.2, -0.15) is 0 Å². The average molecular weight is 356 g/mol. The number of carbonyl (C=O) groups excluding carboxylic acids is 2. The molecule has 0 aliphatic carbocycles. The maximum Gasteiger partial charge on any atom is 0.263 e. The van der Waals surface area contributed by atoms with Gasteiger partial charge < -0.3 is 10.2 Å². The standard InChI is InChI=1S/C20H24N2O2S/c1-3-17-14(2)12-18(25-17)20(24)22-11-7-8-15(13-22)19(23)21-16-9-5-4-6-10-16/h4-6,9-10,12,15H,3,7-8,11,13H2,1-2H3,(H,21,23). The van der Waals surface area contributed by atoms with Gasteiger partial charge in [0.15, 0.2) is 0 Å². The maximum absolute atomic E-state index is 12.8. The van der Waals surface area contributed by atoms with Crippen LogP contribution in [0.3, 0.4) is 0 Å². The number of hydrogen-bond donors (Lipinski definition) is 1. The normalized spacial score (nSPS) is 17.4. The average Bonchev–Trinajstić information content (AvgIpc) is 3.03. The second kappa shape index (κ2) is 7.83. The molecular weight excluding hydrogens is 332 g/mol. The van der Waals surface area contributed by atoms with Gasteiger partial charge in [-0.05, 0) is 49.9 Å². The van der Waals surface area contributed by atoms with E-state index < -0.39 is 0 Å². The van der Waals surface area contributed by atoms with Crippen molar-refractivity contribution in [2.45, 2.75) is 33.1 Å². The lowest BCUT2D eigenvalue weighted by molar-refractivity contribution is -0.121. The number of anilines is 1. The molecule has 1 aliphatic rings. The number of amides is 2. The SMILES string of the molecule is CCc1sc(C(=O)N2CCCC(C(=O)Nc3ccccc3)C2)cc1C. The highest BCUT2D eigenvalue weighted by molar-refractivity contribution is 7.14. The first-order valence-electron chi connectivity index (χ1n) is 8.83. The summed E-state index contributed by atoms with van der Waals surface area (Å²) >= 11 is 1.58. The van der Waals surface area contributed by atoms with Crippen LogP contribution in [-0.2, 0) is 11.2 Å². The Bertz CT molecular complexity index is 754. The smallest absolute Gasteiger partial charge is 0.263 e. The molecule has 0 bridgehead atoms. The fourth-order valence-corrected chi connectivity index (χ4v) is 4.36. The monoisotopic (exact) mass is 356 g/mol. The summed E-state index contributed by atoms with van der Waals surface area (Å²) in [5, 5.41) is 2.96. The Labute approximate surface area is 152 Å². The van der Waals surface area contributed by atoms with E-state index in [9.17, 15) is 9.59 Å². The molecule has 1 atom stereocenters. The third-order valence-corrected chi connectivity index (χ3v) is 6.04. The van der Waals surface area contributed by atoms with E-state index in [1.165, 1.54) is 10.4 Å². The van der Waals surface area contributed by atoms with Crippen LogP contribution in [0.15, 0.2) is 36.4 Å². The Morgan fingerprint density at radius 2 is 2.04 bits per heavy atom. The first-order valence-corrected chi connectivity index (χ1v) is 9.64. The first kappa shape index (κ1) is 17.7. The minimum Gasteiger partial charge on any atom is -0.337 e. The number of piperidine rings is 1. The lowest BCUT2D eigenvalue weighted by Gasteiger charge is -2.31. The molecule has 1 aliphatic heterocycles. The molecule has 2 amide bonds. The van der Waals surface area contributed by atoms with Crippen LogP contribution in [0.5, 0.6) is 0 Å². The molecule has 25 heavy (non-hydrogen) atoms. The van der Waals surface area contributed by atoms with E-state index in [0.717, 1.165) is 36.4 Å². The van der Waals surface area contributed by atoms with Crippen LogP contribution < -0.4 is 5.32 Å². The van der Waals surface area contributed by atoms with Crippen LogP contribution in [0.4, 0.5) is 5.69 Å². The summed E-state index contributed by atoms with van der Waals surface area (Å²) in [6.45, 7) is 5.39. The molecule has 2 heterocycles. The Balaban J connectivity index is 1.65. The maximum atomic E-state index is 12.8. The van der Waals surface area contributed by atoms with Crippen molar-refractivity contribution in [1.82, 2.24) is 4.90 Å². The zero-order chi connectivity index (χ0) is 17.8. The second-order valence-corrected chi connectivity index (χ2v) is 7.65. The molecule has 0 saturated carbocycles. The van der Waals surface area contributed by atoms with E-state index in [-0.39, 0.29) is 17.7 Å². The number of thiophene rings is 1. The predicted molar refractivity (Wildman–Crippen MR) is 102 cm³/mol. The summed E-state index contributed by atoms with van der Waals surface area (Å²) in [5.74, 6) is -0.0880. The van der Waals surface area contributed by atoms with Gasteiger partial charge in [0.1, 0.15) is 0 Å². The number of rotatable bonds is 4. The largest absolute Gasteiger partial charge is 0.337 e. The number of para-hydroxylation sites is 1. The van der Waals surface area contributed by atoms with Crippen molar-refractivity contribution in [3.8, 4) is 0 Å². The number of nitrogens with zero attached hydrogens (tertiary/aromatic N) is 1. The number of aryl methyl sites for hydroxylation is 2. The minimum atomic E-state index is -0.149. The second-order valence-electron chi connectivity index (χ2n) is 6.52. The number of benzene rings is 1. The Hall–Kier alpha value is -2.14. The van der Waals surface area contributed by atoms with Crippen molar-refractivity contribution in [2.24, 2.45) is 5.92 Å². The molecule has 1 unspecified atom stereocenters. The summed E-state index contributed by atoms with van der Waals surface area (Å²) in [5.41, 5.74) is 1.99. The number of likely N-dealkylation sites (tertiary alicyclic amines) is 1. The van der Waals surface area contributed by atoms with Crippen LogP contribution in [0.25, 0.3) is 0 Å². The van der Waals surface area contributed by atoms with Crippen LogP contribution >= 0.6 is 11.3 Å². The van der Waals surface area contributed by atoms with E-state index in [1.54, 1.807) is 11.3 Å². The highest BCUT2D eigenvalue weighted by Crippen LogP contribution is 2.26. The van der Waals surface area contributed by atoms with Gasteiger partial charge in [0, 0.05) is 23.7 Å². The van der Waals surface area contributed by atoms with Gasteiger partial charge >= 0.3 is 0 Å². The van der Waals surface area contributed by atoms with Gasteiger partial charge in [0.2, 0.25) is 5.91 Å². The van der Waals surface area contributed by atoms with E-state index in [1.807, 2.05) is 41.3 Å². The lowest BCUT2D eigenvalue weighted by Crippen LogP contribution is -2.43. The van der Waals surface area contributed by atoms with Gasteiger partial charge in [-0.25, -0.2) is 0 Å². The third kappa shape index (κ3) is 4.10. The summed E-state index contributed by atoms with van der Waals surface area (Å²) in [7, 11) is 0. The summed E-state index contributed by atoms with van der Waals surface area (Å²) in [6, 6.07) is 11.5. The van der Waals surface area contributed by atoms with Gasteiger partial charge in [-0.3, -0.25) is 9.59 Å². The molecule has 1 N–H and O–H groups in total. The fraction of sp³-hybridized carbons (Fsp3) is 0.400. The minimum absolute atomic E-state index is 0.000285. The molecule has 1 aromatic heterocycles. The van der Waals surface area contributed by atoms with Gasteiger partial charge in [-0.1, -0.05) is 25.1 Å². The van der Waals surface area contributed by atoms with E-state index in [2.05, 4.69) is 19.2 Å². The van der Waals surface area contributed by atoms with Crippen molar-refractivity contribution < 1.29 is 9.59 Å². The molecule has 0 spiro atoms. The molecular formula is C20H24N2O2S. The molecule has 1 saturated heterocycles. The van der Waals surface area contributed by atoms with E-state index in [4.69, 9.17) is 0 Å². The quantitative estimate of drug-likeness (QED) is 0.896. The third-order valence-electron chi connectivity index (χ3n) is 4.67. The Morgan fingerprint density at radius 3 is 2.72 bits per heavy atom. The first-order chi connectivity index (χ1) is 12.1. The molecule has 2 aromatic rings. The van der Waals surface area contributed by atoms with Crippen LogP contribution in [0.2, 0.25) is 0 Å². The molecule has 1 fully saturated rings. The molecule has 5 heteroatoms. The molecule has 0 radical (unpaired) electrons. The van der Waals surface area contributed by atoms with Crippen LogP contribution in [0, 0.1) is 12.8 Å². The number of carbonyl (C=O) groups is 2. The van der Waals surface area contributed by atoms with Gasteiger partial charge in [-0.15, -0.1) is 11.3 Å². The molecule has 4 nitrogen and oxygen atoms in total. The van der Waals surface area contributed by atoms with Crippen LogP contribution in [0.1, 0.15) is 39.9 Å². The number of nitrogens with one attached hydrogen (secondary N) is 1. The zero-order valence-corrected chi connectivity index (χ0v) is 15.6. The van der Waals surface area contributed by atoms with Gasteiger partial charge in [0.05, 0.1) is 10.8 Å². The Morgan fingerprint density at radius 1 is 1.28 bits per heavy atom. The predicted octanol–water partition coefficient (Wildman–Crippen LogP) is 4.11. The van der Waals surface area contributed by atoms with E-state index in [0.29, 0.717) is 6.54 Å².